The molecule has 244 valence electrons. The highest BCUT2D eigenvalue weighted by atomic mass is 35.5. The molecule has 3 heterocycles. The zero-order chi connectivity index (χ0) is 34.3. The maximum Gasteiger partial charge on any atom is 0.226 e. The first-order valence-corrected chi connectivity index (χ1v) is 17.2. The van der Waals surface area contributed by atoms with Crippen molar-refractivity contribution in [3.05, 3.63) is 150 Å². The molecule has 0 amide bonds. The SMILES string of the molecule is Clc1nc(-c2ccccc2)nc(-c2ccc(-c3ccc(-c4cccc5oc6c(-c7nc(Cl)nc(C8=CCCC=C8)n7)cccc6c45)cc3)cc2)n1. The number of rotatable bonds is 6. The Balaban J connectivity index is 1.04. The van der Waals surface area contributed by atoms with E-state index in [1.54, 1.807) is 0 Å². The second kappa shape index (κ2) is 13.0. The summed E-state index contributed by atoms with van der Waals surface area (Å²) in [7, 11) is 0. The van der Waals surface area contributed by atoms with E-state index < -0.39 is 0 Å². The number of fused-ring (bicyclic) bond motifs is 3. The van der Waals surface area contributed by atoms with Gasteiger partial charge in [0.2, 0.25) is 10.6 Å². The molecule has 1 aliphatic rings. The molecule has 0 fully saturated rings. The third kappa shape index (κ3) is 5.97. The number of furan rings is 1. The van der Waals surface area contributed by atoms with Gasteiger partial charge in [0, 0.05) is 27.5 Å². The normalized spacial score (nSPS) is 12.8. The second-order valence-electron chi connectivity index (χ2n) is 12.1. The summed E-state index contributed by atoms with van der Waals surface area (Å²) in [5.74, 6) is 2.09. The monoisotopic (exact) mass is 700 g/mol. The van der Waals surface area contributed by atoms with Crippen LogP contribution in [0.3, 0.4) is 0 Å². The van der Waals surface area contributed by atoms with E-state index in [1.165, 1.54) is 0 Å². The number of aromatic nitrogens is 6. The third-order valence-electron chi connectivity index (χ3n) is 8.94. The number of halogens is 2. The Morgan fingerprint density at radius 2 is 1.06 bits per heavy atom. The van der Waals surface area contributed by atoms with Crippen LogP contribution in [-0.4, -0.2) is 29.9 Å². The molecule has 0 saturated heterocycles. The van der Waals surface area contributed by atoms with Crippen molar-refractivity contribution in [2.45, 2.75) is 12.8 Å². The van der Waals surface area contributed by atoms with Gasteiger partial charge in [-0.15, -0.1) is 0 Å². The van der Waals surface area contributed by atoms with Gasteiger partial charge in [0.25, 0.3) is 0 Å². The lowest BCUT2D eigenvalue weighted by molar-refractivity contribution is 0.669. The first-order chi connectivity index (χ1) is 25.1. The van der Waals surface area contributed by atoms with Crippen LogP contribution in [0.15, 0.2) is 138 Å². The van der Waals surface area contributed by atoms with Gasteiger partial charge in [0.15, 0.2) is 23.3 Å². The molecule has 9 rings (SSSR count). The lowest BCUT2D eigenvalue weighted by Gasteiger charge is -2.09. The highest BCUT2D eigenvalue weighted by Crippen LogP contribution is 2.40. The van der Waals surface area contributed by atoms with Crippen molar-refractivity contribution in [1.82, 2.24) is 29.9 Å². The summed E-state index contributed by atoms with van der Waals surface area (Å²) in [6, 6.07) is 38.6. The van der Waals surface area contributed by atoms with Crippen molar-refractivity contribution < 1.29 is 4.42 Å². The van der Waals surface area contributed by atoms with Crippen LogP contribution < -0.4 is 0 Å². The number of allylic oxidation sites excluding steroid dienone is 4. The fourth-order valence-corrected chi connectivity index (χ4v) is 6.81. The Kier molecular flexibility index (Phi) is 7.92. The Morgan fingerprint density at radius 1 is 0.471 bits per heavy atom. The molecule has 7 nitrogen and oxygen atoms in total. The summed E-state index contributed by atoms with van der Waals surface area (Å²) >= 11 is 12.7. The number of hydrogen-bond donors (Lipinski definition) is 0. The van der Waals surface area contributed by atoms with E-state index in [-0.39, 0.29) is 10.6 Å². The minimum absolute atomic E-state index is 0.144. The average molecular weight is 702 g/mol. The quantitative estimate of drug-likeness (QED) is 0.170. The molecule has 3 aromatic heterocycles. The molecule has 0 radical (unpaired) electrons. The fraction of sp³-hybridized carbons (Fsp3) is 0.0476. The Morgan fingerprint density at radius 3 is 1.76 bits per heavy atom. The lowest BCUT2D eigenvalue weighted by Crippen LogP contribution is -2.00. The number of benzene rings is 5. The van der Waals surface area contributed by atoms with Crippen molar-refractivity contribution in [3.63, 3.8) is 0 Å². The van der Waals surface area contributed by atoms with E-state index in [1.807, 2.05) is 72.8 Å². The molecule has 8 aromatic rings. The van der Waals surface area contributed by atoms with Crippen molar-refractivity contribution in [2.24, 2.45) is 0 Å². The maximum atomic E-state index is 6.51. The average Bonchev–Trinajstić information content (AvgIpc) is 3.58. The minimum atomic E-state index is 0.144. The molecular formula is C42H26Cl2N6O. The zero-order valence-electron chi connectivity index (χ0n) is 27.0. The summed E-state index contributed by atoms with van der Waals surface area (Å²) in [6.07, 6.45) is 8.21. The zero-order valence-corrected chi connectivity index (χ0v) is 28.5. The smallest absolute Gasteiger partial charge is 0.226 e. The molecule has 1 aliphatic carbocycles. The van der Waals surface area contributed by atoms with E-state index in [9.17, 15) is 0 Å². The molecule has 9 heteroatoms. The number of para-hydroxylation sites is 1. The molecule has 0 bridgehead atoms. The van der Waals surface area contributed by atoms with E-state index in [0.29, 0.717) is 28.9 Å². The van der Waals surface area contributed by atoms with Gasteiger partial charge < -0.3 is 4.42 Å². The van der Waals surface area contributed by atoms with Gasteiger partial charge in [0.05, 0.1) is 5.56 Å². The summed E-state index contributed by atoms with van der Waals surface area (Å²) < 4.78 is 6.51. The summed E-state index contributed by atoms with van der Waals surface area (Å²) in [6.45, 7) is 0. The van der Waals surface area contributed by atoms with Crippen molar-refractivity contribution in [2.75, 3.05) is 0 Å². The molecule has 5 aromatic carbocycles. The van der Waals surface area contributed by atoms with Gasteiger partial charge >= 0.3 is 0 Å². The summed E-state index contributed by atoms with van der Waals surface area (Å²) in [4.78, 5) is 27.1. The lowest BCUT2D eigenvalue weighted by atomic mass is 9.96. The first-order valence-electron chi connectivity index (χ1n) is 16.5. The minimum Gasteiger partial charge on any atom is -0.455 e. The van der Waals surface area contributed by atoms with E-state index in [4.69, 9.17) is 32.6 Å². The largest absolute Gasteiger partial charge is 0.455 e. The summed E-state index contributed by atoms with van der Waals surface area (Å²) in [5.41, 5.74) is 9.21. The van der Waals surface area contributed by atoms with E-state index in [2.05, 4.69) is 85.6 Å². The van der Waals surface area contributed by atoms with Crippen LogP contribution in [0.1, 0.15) is 18.7 Å². The number of hydrogen-bond acceptors (Lipinski definition) is 7. The van der Waals surface area contributed by atoms with E-state index in [0.717, 1.165) is 73.7 Å². The standard InChI is InChI=1S/C42H26Cl2N6O/c43-41-47-37(28-9-3-1-4-10-28)45-39(49-41)30-23-19-26(20-24-30)25-17-21-27(22-18-25)31-13-8-16-34-35(31)32-14-7-15-33(36(32)51-34)40-46-38(48-42(44)50-40)29-11-5-2-6-12-29/h1,3-5,7-24H,2,6H2. The van der Waals surface area contributed by atoms with Crippen molar-refractivity contribution in [3.8, 4) is 56.4 Å². The topological polar surface area (TPSA) is 90.5 Å². The van der Waals surface area contributed by atoms with Crippen LogP contribution in [0.2, 0.25) is 10.6 Å². The highest BCUT2D eigenvalue weighted by Gasteiger charge is 2.19. The van der Waals surface area contributed by atoms with Gasteiger partial charge in [-0.25, -0.2) is 9.97 Å². The molecule has 0 unspecified atom stereocenters. The summed E-state index contributed by atoms with van der Waals surface area (Å²) in [5, 5.41) is 2.30. The van der Waals surface area contributed by atoms with Crippen LogP contribution in [0, 0.1) is 0 Å². The molecule has 0 atom stereocenters. The highest BCUT2D eigenvalue weighted by molar-refractivity contribution is 6.28. The number of nitrogens with zero attached hydrogens (tertiary/aromatic N) is 6. The van der Waals surface area contributed by atoms with Crippen LogP contribution in [0.4, 0.5) is 0 Å². The predicted octanol–water partition coefficient (Wildman–Crippen LogP) is 11.3. The Bertz CT molecular complexity index is 2650. The van der Waals surface area contributed by atoms with Gasteiger partial charge in [-0.2, -0.15) is 19.9 Å². The second-order valence-corrected chi connectivity index (χ2v) is 12.8. The van der Waals surface area contributed by atoms with Crippen LogP contribution in [0.25, 0.3) is 83.9 Å². The molecule has 0 N–H and O–H groups in total. The van der Waals surface area contributed by atoms with Crippen LogP contribution in [0.5, 0.6) is 0 Å². The van der Waals surface area contributed by atoms with Crippen molar-refractivity contribution >= 4 is 50.7 Å². The fourth-order valence-electron chi connectivity index (χ4n) is 6.49. The van der Waals surface area contributed by atoms with Crippen LogP contribution >= 0.6 is 23.2 Å². The van der Waals surface area contributed by atoms with E-state index >= 15 is 0 Å². The predicted molar refractivity (Wildman–Crippen MR) is 204 cm³/mol. The Labute approximate surface area is 303 Å². The maximum absolute atomic E-state index is 6.51. The molecule has 0 saturated carbocycles. The molecule has 0 spiro atoms. The van der Waals surface area contributed by atoms with Gasteiger partial charge in [-0.05, 0) is 70.4 Å². The molecular weight excluding hydrogens is 675 g/mol. The van der Waals surface area contributed by atoms with Crippen molar-refractivity contribution in [1.29, 1.82) is 0 Å². The van der Waals surface area contributed by atoms with Gasteiger partial charge in [-0.1, -0.05) is 121 Å². The third-order valence-corrected chi connectivity index (χ3v) is 9.28. The molecule has 51 heavy (non-hydrogen) atoms. The Hall–Kier alpha value is -6.02. The van der Waals surface area contributed by atoms with Gasteiger partial charge in [-0.3, -0.25) is 0 Å². The first kappa shape index (κ1) is 31.0. The van der Waals surface area contributed by atoms with Gasteiger partial charge in [0.1, 0.15) is 11.2 Å². The van der Waals surface area contributed by atoms with Crippen LogP contribution in [-0.2, 0) is 0 Å². The molecule has 0 aliphatic heterocycles.